The summed E-state index contributed by atoms with van der Waals surface area (Å²) in [5.41, 5.74) is 3.09. The molecule has 1 atom stereocenters. The average molecular weight is 406 g/mol. The molecule has 2 aromatic rings. The van der Waals surface area contributed by atoms with E-state index < -0.39 is 16.2 Å². The maximum Gasteiger partial charge on any atom is 0.306 e. The third-order valence-corrected chi connectivity index (χ3v) is 4.54. The van der Waals surface area contributed by atoms with Gasteiger partial charge in [0.15, 0.2) is 0 Å². The number of ether oxygens (including phenoxy) is 1. The van der Waals surface area contributed by atoms with Crippen LogP contribution < -0.4 is 9.50 Å². The van der Waals surface area contributed by atoms with Crippen molar-refractivity contribution in [1.29, 1.82) is 0 Å². The lowest BCUT2D eigenvalue weighted by molar-refractivity contribution is -0.117. The van der Waals surface area contributed by atoms with E-state index in [1.165, 1.54) is 0 Å². The quantitative estimate of drug-likeness (QED) is 0.332. The number of carbonyl (C=O) groups is 1. The topological polar surface area (TPSA) is 81.7 Å². The summed E-state index contributed by atoms with van der Waals surface area (Å²) in [5.74, 6) is 0.337. The lowest BCUT2D eigenvalue weighted by atomic mass is 10.1. The number of hydrogen-bond donors (Lipinski definition) is 1. The van der Waals surface area contributed by atoms with Gasteiger partial charge in [-0.3, -0.25) is 0 Å². The van der Waals surface area contributed by atoms with Crippen LogP contribution in [0.2, 0.25) is 0 Å². The van der Waals surface area contributed by atoms with Gasteiger partial charge in [0.05, 0.1) is 6.26 Å². The summed E-state index contributed by atoms with van der Waals surface area (Å²) in [6, 6.07) is 15.1. The molecule has 0 spiro atoms. The predicted molar refractivity (Wildman–Crippen MR) is 110 cm³/mol. The molecule has 0 saturated heterocycles. The largest absolute Gasteiger partial charge is 0.385 e. The maximum atomic E-state index is 11.2. The molecule has 0 amide bonds. The van der Waals surface area contributed by atoms with Gasteiger partial charge in [-0.15, -0.1) is 0 Å². The first-order chi connectivity index (χ1) is 13.4. The van der Waals surface area contributed by atoms with E-state index in [2.05, 4.69) is 5.32 Å². The molecule has 2 rings (SSSR count). The first kappa shape index (κ1) is 21.9. The van der Waals surface area contributed by atoms with Gasteiger partial charge < -0.3 is 19.0 Å². The second-order valence-electron chi connectivity index (χ2n) is 6.50. The van der Waals surface area contributed by atoms with Crippen LogP contribution in [0.4, 0.5) is 5.69 Å². The molecule has 0 aliphatic heterocycles. The van der Waals surface area contributed by atoms with Gasteiger partial charge in [0.1, 0.15) is 18.1 Å². The smallest absolute Gasteiger partial charge is 0.306 e. The van der Waals surface area contributed by atoms with Crippen LogP contribution in [0.3, 0.4) is 0 Å². The number of aryl methyl sites for hydroxylation is 1. The van der Waals surface area contributed by atoms with Crippen molar-refractivity contribution < 1.29 is 22.1 Å². The van der Waals surface area contributed by atoms with E-state index in [1.807, 2.05) is 37.3 Å². The Hall–Kier alpha value is -2.38. The van der Waals surface area contributed by atoms with Crippen molar-refractivity contribution in [2.24, 2.45) is 0 Å². The van der Waals surface area contributed by atoms with Gasteiger partial charge in [0, 0.05) is 25.3 Å². The Labute approximate surface area is 167 Å². The molecule has 0 aliphatic carbocycles. The summed E-state index contributed by atoms with van der Waals surface area (Å²) in [7, 11) is -3.51. The minimum Gasteiger partial charge on any atom is -0.385 e. The normalized spacial score (nSPS) is 12.4. The standard InChI is InChI=1S/C21H27NO5S/c1-3-26-21(16-23)15-18-9-11-19(12-10-18)22-13-5-7-17-6-4-8-20(14-17)27-28(2,24)25/h4,6,8-12,14,16,21-22H,3,5,7,13,15H2,1-2H3. The van der Waals surface area contributed by atoms with Crippen molar-refractivity contribution >= 4 is 22.1 Å². The molecule has 6 nitrogen and oxygen atoms in total. The highest BCUT2D eigenvalue weighted by atomic mass is 32.2. The van der Waals surface area contributed by atoms with Crippen molar-refractivity contribution in [2.75, 3.05) is 24.7 Å². The number of carbonyl (C=O) groups excluding carboxylic acids is 1. The molecule has 0 aliphatic rings. The Balaban J connectivity index is 1.78. The number of nitrogens with one attached hydrogen (secondary N) is 1. The van der Waals surface area contributed by atoms with E-state index in [4.69, 9.17) is 8.92 Å². The van der Waals surface area contributed by atoms with Crippen LogP contribution in [-0.4, -0.2) is 40.2 Å². The van der Waals surface area contributed by atoms with Crippen LogP contribution in [0, 0.1) is 0 Å². The van der Waals surface area contributed by atoms with Crippen molar-refractivity contribution in [3.8, 4) is 5.75 Å². The zero-order chi connectivity index (χ0) is 20.4. The van der Waals surface area contributed by atoms with E-state index >= 15 is 0 Å². The van der Waals surface area contributed by atoms with E-state index in [0.29, 0.717) is 18.8 Å². The number of rotatable bonds is 12. The molecule has 28 heavy (non-hydrogen) atoms. The van der Waals surface area contributed by atoms with Crippen LogP contribution in [0.25, 0.3) is 0 Å². The molecule has 0 bridgehead atoms. The summed E-state index contributed by atoms with van der Waals surface area (Å²) in [6.07, 6.45) is 3.74. The van der Waals surface area contributed by atoms with E-state index in [1.54, 1.807) is 18.2 Å². The van der Waals surface area contributed by atoms with Gasteiger partial charge in [-0.1, -0.05) is 24.3 Å². The lowest BCUT2D eigenvalue weighted by Crippen LogP contribution is -2.17. The first-order valence-electron chi connectivity index (χ1n) is 9.27. The molecule has 0 aromatic heterocycles. The molecule has 152 valence electrons. The van der Waals surface area contributed by atoms with Crippen molar-refractivity contribution in [2.45, 2.75) is 32.3 Å². The number of benzene rings is 2. The third-order valence-electron chi connectivity index (χ3n) is 4.04. The van der Waals surface area contributed by atoms with Crippen molar-refractivity contribution in [1.82, 2.24) is 0 Å². The highest BCUT2D eigenvalue weighted by molar-refractivity contribution is 7.86. The van der Waals surface area contributed by atoms with Gasteiger partial charge in [-0.25, -0.2) is 0 Å². The van der Waals surface area contributed by atoms with Gasteiger partial charge in [-0.2, -0.15) is 8.42 Å². The molecule has 7 heteroatoms. The lowest BCUT2D eigenvalue weighted by Gasteiger charge is -2.11. The number of hydrogen-bond acceptors (Lipinski definition) is 6. The van der Waals surface area contributed by atoms with Crippen LogP contribution in [0.1, 0.15) is 24.5 Å². The summed E-state index contributed by atoms with van der Waals surface area (Å²) in [5, 5.41) is 3.36. The zero-order valence-electron chi connectivity index (χ0n) is 16.3. The molecule has 2 aromatic carbocycles. The summed E-state index contributed by atoms with van der Waals surface area (Å²) >= 11 is 0. The number of aldehydes is 1. The van der Waals surface area contributed by atoms with Crippen LogP contribution in [-0.2, 0) is 32.5 Å². The average Bonchev–Trinajstić information content (AvgIpc) is 2.65. The van der Waals surface area contributed by atoms with Crippen LogP contribution in [0.5, 0.6) is 5.75 Å². The molecule has 1 N–H and O–H groups in total. The van der Waals surface area contributed by atoms with E-state index in [9.17, 15) is 13.2 Å². The maximum absolute atomic E-state index is 11.2. The van der Waals surface area contributed by atoms with E-state index in [-0.39, 0.29) is 0 Å². The highest BCUT2D eigenvalue weighted by Gasteiger charge is 2.08. The predicted octanol–water partition coefficient (Wildman–Crippen LogP) is 3.22. The van der Waals surface area contributed by atoms with Gasteiger partial charge in [0.2, 0.25) is 0 Å². The van der Waals surface area contributed by atoms with Gasteiger partial charge >= 0.3 is 10.1 Å². The van der Waals surface area contributed by atoms with Crippen molar-refractivity contribution in [3.05, 3.63) is 59.7 Å². The first-order valence-corrected chi connectivity index (χ1v) is 11.1. The fraction of sp³-hybridized carbons (Fsp3) is 0.381. The fourth-order valence-corrected chi connectivity index (χ4v) is 3.26. The molecule has 1 unspecified atom stereocenters. The number of anilines is 1. The Kier molecular flexibility index (Phi) is 8.47. The molecule has 0 saturated carbocycles. The third kappa shape index (κ3) is 8.10. The zero-order valence-corrected chi connectivity index (χ0v) is 17.1. The highest BCUT2D eigenvalue weighted by Crippen LogP contribution is 2.17. The minimum atomic E-state index is -3.51. The van der Waals surface area contributed by atoms with E-state index in [0.717, 1.165) is 48.7 Å². The molecular weight excluding hydrogens is 378 g/mol. The molecule has 0 radical (unpaired) electrons. The Morgan fingerprint density at radius 1 is 1.11 bits per heavy atom. The summed E-state index contributed by atoms with van der Waals surface area (Å²) < 4.78 is 32.7. The minimum absolute atomic E-state index is 0.337. The molecule has 0 fully saturated rings. The Morgan fingerprint density at radius 2 is 1.86 bits per heavy atom. The summed E-state index contributed by atoms with van der Waals surface area (Å²) in [4.78, 5) is 11.0. The molecular formula is C21H27NO5S. The second kappa shape index (κ2) is 10.8. The van der Waals surface area contributed by atoms with Crippen LogP contribution in [0.15, 0.2) is 48.5 Å². The van der Waals surface area contributed by atoms with Gasteiger partial charge in [-0.05, 0) is 55.2 Å². The molecule has 0 heterocycles. The van der Waals surface area contributed by atoms with Crippen LogP contribution >= 0.6 is 0 Å². The fourth-order valence-electron chi connectivity index (χ4n) is 2.80. The van der Waals surface area contributed by atoms with Gasteiger partial charge in [0.25, 0.3) is 0 Å². The monoisotopic (exact) mass is 405 g/mol. The second-order valence-corrected chi connectivity index (χ2v) is 8.07. The Morgan fingerprint density at radius 3 is 2.50 bits per heavy atom. The SMILES string of the molecule is CCOC(C=O)Cc1ccc(NCCCc2cccc(OS(C)(=O)=O)c2)cc1. The van der Waals surface area contributed by atoms with Crippen molar-refractivity contribution in [3.63, 3.8) is 0 Å². The Bertz CT molecular complexity index is 849. The summed E-state index contributed by atoms with van der Waals surface area (Å²) in [6.45, 7) is 3.18.